The van der Waals surface area contributed by atoms with E-state index in [1.807, 2.05) is 0 Å². The Kier molecular flexibility index (Phi) is 7.67. The molecular weight excluding hydrogens is 276 g/mol. The predicted molar refractivity (Wildman–Crippen MR) is 90.1 cm³/mol. The van der Waals surface area contributed by atoms with Crippen LogP contribution in [0.4, 0.5) is 0 Å². The van der Waals surface area contributed by atoms with Gasteiger partial charge in [-0.25, -0.2) is 0 Å². The maximum absolute atomic E-state index is 10.8. The predicted octanol–water partition coefficient (Wildman–Crippen LogP) is 3.12. The summed E-state index contributed by atoms with van der Waals surface area (Å²) in [5.41, 5.74) is 0. The van der Waals surface area contributed by atoms with Gasteiger partial charge in [-0.15, -0.1) is 0 Å². The molecule has 1 aliphatic heterocycles. The minimum atomic E-state index is -0.653. The highest BCUT2D eigenvalue weighted by molar-refractivity contribution is 5.66. The molecule has 2 unspecified atom stereocenters. The van der Waals surface area contributed by atoms with Gasteiger partial charge in [0.1, 0.15) is 0 Å². The molecule has 128 valence electrons. The van der Waals surface area contributed by atoms with Crippen molar-refractivity contribution in [3.05, 3.63) is 0 Å². The number of nitrogens with zero attached hydrogens (tertiary/aromatic N) is 1. The molecule has 0 aromatic heterocycles. The summed E-state index contributed by atoms with van der Waals surface area (Å²) in [6.07, 6.45) is 10.5. The van der Waals surface area contributed by atoms with E-state index in [9.17, 15) is 4.79 Å². The lowest BCUT2D eigenvalue weighted by molar-refractivity contribution is -0.137. The van der Waals surface area contributed by atoms with E-state index in [0.717, 1.165) is 44.9 Å². The lowest BCUT2D eigenvalue weighted by atomic mass is 9.87. The van der Waals surface area contributed by atoms with Gasteiger partial charge in [0.05, 0.1) is 0 Å². The van der Waals surface area contributed by atoms with E-state index in [1.165, 1.54) is 38.5 Å². The smallest absolute Gasteiger partial charge is 0.303 e. The summed E-state index contributed by atoms with van der Waals surface area (Å²) in [6.45, 7) is 6.76. The van der Waals surface area contributed by atoms with Crippen LogP contribution in [0.3, 0.4) is 0 Å². The molecule has 0 amide bonds. The molecule has 4 heteroatoms. The molecule has 2 N–H and O–H groups in total. The van der Waals surface area contributed by atoms with Crippen molar-refractivity contribution >= 4 is 5.97 Å². The first-order chi connectivity index (χ1) is 10.7. The van der Waals surface area contributed by atoms with Gasteiger partial charge in [-0.05, 0) is 57.0 Å². The SMILES string of the molecule is CCCN1CC(CCC(=O)O)CC(NCC2CCCCC2)C1. The number of carboxylic acid groups (broad SMARTS) is 1. The van der Waals surface area contributed by atoms with Gasteiger partial charge in [-0.1, -0.05) is 26.2 Å². The summed E-state index contributed by atoms with van der Waals surface area (Å²) in [5, 5.41) is 12.7. The van der Waals surface area contributed by atoms with Crippen molar-refractivity contribution in [3.63, 3.8) is 0 Å². The van der Waals surface area contributed by atoms with Gasteiger partial charge in [0.25, 0.3) is 0 Å². The highest BCUT2D eigenvalue weighted by atomic mass is 16.4. The largest absolute Gasteiger partial charge is 0.481 e. The zero-order valence-electron chi connectivity index (χ0n) is 14.2. The highest BCUT2D eigenvalue weighted by Gasteiger charge is 2.27. The molecule has 2 atom stereocenters. The van der Waals surface area contributed by atoms with Crippen molar-refractivity contribution in [2.24, 2.45) is 11.8 Å². The Balaban J connectivity index is 1.78. The molecule has 0 bridgehead atoms. The second-order valence-corrected chi connectivity index (χ2v) is 7.40. The van der Waals surface area contributed by atoms with Crippen LogP contribution in [0.5, 0.6) is 0 Å². The Morgan fingerprint density at radius 2 is 1.95 bits per heavy atom. The van der Waals surface area contributed by atoms with Crippen LogP contribution in [0, 0.1) is 11.8 Å². The topological polar surface area (TPSA) is 52.6 Å². The van der Waals surface area contributed by atoms with Crippen LogP contribution in [0.1, 0.15) is 64.7 Å². The lowest BCUT2D eigenvalue weighted by Crippen LogP contribution is -2.50. The molecular formula is C18H34N2O2. The van der Waals surface area contributed by atoms with Gasteiger partial charge in [0, 0.05) is 25.6 Å². The van der Waals surface area contributed by atoms with Crippen molar-refractivity contribution < 1.29 is 9.90 Å². The Morgan fingerprint density at radius 3 is 2.64 bits per heavy atom. The minimum Gasteiger partial charge on any atom is -0.481 e. The van der Waals surface area contributed by atoms with E-state index < -0.39 is 5.97 Å². The standard InChI is InChI=1S/C18H34N2O2/c1-2-10-20-13-16(8-9-18(21)22)11-17(14-20)19-12-15-6-4-3-5-7-15/h15-17,19H,2-14H2,1H3,(H,21,22). The Morgan fingerprint density at radius 1 is 1.18 bits per heavy atom. The Bertz CT molecular complexity index is 329. The number of piperidine rings is 1. The van der Waals surface area contributed by atoms with Gasteiger partial charge in [0.2, 0.25) is 0 Å². The summed E-state index contributed by atoms with van der Waals surface area (Å²) in [4.78, 5) is 13.4. The minimum absolute atomic E-state index is 0.319. The molecule has 2 rings (SSSR count). The van der Waals surface area contributed by atoms with Crippen molar-refractivity contribution in [2.45, 2.75) is 70.8 Å². The van der Waals surface area contributed by atoms with Gasteiger partial charge in [-0.3, -0.25) is 4.79 Å². The molecule has 0 spiro atoms. The van der Waals surface area contributed by atoms with Gasteiger partial charge < -0.3 is 15.3 Å². The first-order valence-corrected chi connectivity index (χ1v) is 9.35. The van der Waals surface area contributed by atoms with E-state index in [4.69, 9.17) is 5.11 Å². The third-order valence-corrected chi connectivity index (χ3v) is 5.34. The fraction of sp³-hybridized carbons (Fsp3) is 0.944. The van der Waals surface area contributed by atoms with Crippen LogP contribution in [-0.2, 0) is 4.79 Å². The summed E-state index contributed by atoms with van der Waals surface area (Å²) in [7, 11) is 0. The number of nitrogens with one attached hydrogen (secondary N) is 1. The first kappa shape index (κ1) is 17.7. The highest BCUT2D eigenvalue weighted by Crippen LogP contribution is 2.25. The van der Waals surface area contributed by atoms with E-state index in [-0.39, 0.29) is 0 Å². The van der Waals surface area contributed by atoms with Crippen molar-refractivity contribution in [3.8, 4) is 0 Å². The summed E-state index contributed by atoms with van der Waals surface area (Å²) in [5.74, 6) is 0.757. The fourth-order valence-corrected chi connectivity index (χ4v) is 4.21. The summed E-state index contributed by atoms with van der Waals surface area (Å²) < 4.78 is 0. The maximum Gasteiger partial charge on any atom is 0.303 e. The molecule has 2 fully saturated rings. The summed E-state index contributed by atoms with van der Waals surface area (Å²) >= 11 is 0. The van der Waals surface area contributed by atoms with Crippen LogP contribution < -0.4 is 5.32 Å². The first-order valence-electron chi connectivity index (χ1n) is 9.35. The van der Waals surface area contributed by atoms with Crippen LogP contribution in [-0.4, -0.2) is 48.2 Å². The number of carboxylic acids is 1. The molecule has 0 aromatic carbocycles. The molecule has 4 nitrogen and oxygen atoms in total. The number of hydrogen-bond acceptors (Lipinski definition) is 3. The van der Waals surface area contributed by atoms with Crippen molar-refractivity contribution in [1.82, 2.24) is 10.2 Å². The molecule has 1 heterocycles. The van der Waals surface area contributed by atoms with E-state index in [0.29, 0.717) is 18.4 Å². The third kappa shape index (κ3) is 6.25. The molecule has 2 aliphatic rings. The van der Waals surface area contributed by atoms with Gasteiger partial charge >= 0.3 is 5.97 Å². The number of hydrogen-bond donors (Lipinski definition) is 2. The summed E-state index contributed by atoms with van der Waals surface area (Å²) in [6, 6.07) is 0.557. The van der Waals surface area contributed by atoms with E-state index in [1.54, 1.807) is 0 Å². The van der Waals surface area contributed by atoms with E-state index in [2.05, 4.69) is 17.1 Å². The molecule has 1 saturated carbocycles. The van der Waals surface area contributed by atoms with Crippen LogP contribution in [0.15, 0.2) is 0 Å². The third-order valence-electron chi connectivity index (χ3n) is 5.34. The Hall–Kier alpha value is -0.610. The second kappa shape index (κ2) is 9.51. The zero-order valence-corrected chi connectivity index (χ0v) is 14.2. The lowest BCUT2D eigenvalue weighted by Gasteiger charge is -2.39. The number of aliphatic carboxylic acids is 1. The maximum atomic E-state index is 10.8. The number of likely N-dealkylation sites (tertiary alicyclic amines) is 1. The quantitative estimate of drug-likeness (QED) is 0.723. The van der Waals surface area contributed by atoms with Gasteiger partial charge in [-0.2, -0.15) is 0 Å². The average Bonchev–Trinajstić information content (AvgIpc) is 2.52. The fourth-order valence-electron chi connectivity index (χ4n) is 4.21. The van der Waals surface area contributed by atoms with Crippen molar-refractivity contribution in [2.75, 3.05) is 26.2 Å². The van der Waals surface area contributed by atoms with E-state index >= 15 is 0 Å². The number of carbonyl (C=O) groups is 1. The molecule has 0 radical (unpaired) electrons. The number of rotatable bonds is 8. The molecule has 22 heavy (non-hydrogen) atoms. The molecule has 1 aliphatic carbocycles. The van der Waals surface area contributed by atoms with Gasteiger partial charge in [0.15, 0.2) is 0 Å². The normalized spacial score (nSPS) is 27.9. The average molecular weight is 310 g/mol. The van der Waals surface area contributed by atoms with Crippen LogP contribution >= 0.6 is 0 Å². The monoisotopic (exact) mass is 310 g/mol. The van der Waals surface area contributed by atoms with Crippen LogP contribution in [0.2, 0.25) is 0 Å². The zero-order chi connectivity index (χ0) is 15.8. The Labute approximate surface area is 135 Å². The molecule has 0 aromatic rings. The van der Waals surface area contributed by atoms with Crippen LogP contribution in [0.25, 0.3) is 0 Å². The molecule has 1 saturated heterocycles. The second-order valence-electron chi connectivity index (χ2n) is 7.40. The van der Waals surface area contributed by atoms with Crippen molar-refractivity contribution in [1.29, 1.82) is 0 Å².